The van der Waals surface area contributed by atoms with Crippen molar-refractivity contribution in [2.45, 2.75) is 24.3 Å². The molecule has 0 fully saturated rings. The van der Waals surface area contributed by atoms with E-state index in [4.69, 9.17) is 16.7 Å². The van der Waals surface area contributed by atoms with Crippen LogP contribution in [-0.2, 0) is 9.59 Å². The summed E-state index contributed by atoms with van der Waals surface area (Å²) in [5.41, 5.74) is -1.22. The van der Waals surface area contributed by atoms with Crippen LogP contribution in [0.5, 0.6) is 0 Å². The van der Waals surface area contributed by atoms with Crippen molar-refractivity contribution in [3.8, 4) is 0 Å². The molecule has 0 aromatic heterocycles. The van der Waals surface area contributed by atoms with Crippen molar-refractivity contribution in [1.82, 2.24) is 4.90 Å². The second kappa shape index (κ2) is 6.30. The number of aliphatic carboxylic acids is 1. The van der Waals surface area contributed by atoms with Crippen LogP contribution in [0.1, 0.15) is 13.8 Å². The van der Waals surface area contributed by atoms with Crippen LogP contribution < -0.4 is 0 Å². The number of likely N-dealkylation sites (N-methyl/N-ethyl adjacent to an activating group) is 1. The Kier molecular flexibility index (Phi) is 5.26. The molecule has 0 aliphatic carbocycles. The van der Waals surface area contributed by atoms with Crippen LogP contribution in [0.4, 0.5) is 0 Å². The highest BCUT2D eigenvalue weighted by Gasteiger charge is 2.34. The average molecular weight is 302 g/mol. The third kappa shape index (κ3) is 3.88. The molecule has 0 aliphatic heterocycles. The Morgan fingerprint density at radius 1 is 1.37 bits per heavy atom. The maximum atomic E-state index is 12.0. The summed E-state index contributed by atoms with van der Waals surface area (Å²) in [5.74, 6) is -1.14. The lowest BCUT2D eigenvalue weighted by atomic mass is 10.0. The first-order valence-electron chi connectivity index (χ1n) is 5.64. The van der Waals surface area contributed by atoms with E-state index in [-0.39, 0.29) is 11.7 Å². The van der Waals surface area contributed by atoms with Crippen molar-refractivity contribution in [2.75, 3.05) is 12.8 Å². The van der Waals surface area contributed by atoms with Gasteiger partial charge in [0.05, 0.1) is 10.8 Å². The van der Waals surface area contributed by atoms with E-state index < -0.39 is 11.5 Å². The molecule has 1 amide bonds. The first kappa shape index (κ1) is 15.9. The van der Waals surface area contributed by atoms with Gasteiger partial charge in [0.15, 0.2) is 0 Å². The number of carboxylic acids is 1. The lowest BCUT2D eigenvalue weighted by Gasteiger charge is -2.31. The van der Waals surface area contributed by atoms with Crippen LogP contribution in [0.2, 0.25) is 5.02 Å². The molecule has 4 nitrogen and oxygen atoms in total. The summed E-state index contributed by atoms with van der Waals surface area (Å²) in [6, 6.07) is 7.22. The van der Waals surface area contributed by atoms with Gasteiger partial charge in [-0.1, -0.05) is 23.7 Å². The molecule has 0 saturated carbocycles. The minimum absolute atomic E-state index is 0.150. The maximum Gasteiger partial charge on any atom is 0.329 e. The number of amides is 1. The molecule has 1 aromatic rings. The topological polar surface area (TPSA) is 57.6 Å². The summed E-state index contributed by atoms with van der Waals surface area (Å²) in [6.45, 7) is 2.99. The van der Waals surface area contributed by atoms with E-state index in [1.165, 1.54) is 37.6 Å². The lowest BCUT2D eigenvalue weighted by molar-refractivity contribution is -0.154. The first-order valence-corrected chi connectivity index (χ1v) is 7.00. The summed E-state index contributed by atoms with van der Waals surface area (Å²) in [6.07, 6.45) is 0. The number of carbonyl (C=O) groups excluding carboxylic acids is 1. The Bertz CT molecular complexity index is 491. The maximum absolute atomic E-state index is 12.0. The van der Waals surface area contributed by atoms with E-state index in [0.29, 0.717) is 5.02 Å². The number of benzene rings is 1. The van der Waals surface area contributed by atoms with Gasteiger partial charge in [0.2, 0.25) is 5.91 Å². The monoisotopic (exact) mass is 301 g/mol. The van der Waals surface area contributed by atoms with E-state index in [2.05, 4.69) is 0 Å². The number of carboxylic acid groups (broad SMARTS) is 1. The number of thioether (sulfide) groups is 1. The van der Waals surface area contributed by atoms with Gasteiger partial charge >= 0.3 is 5.97 Å². The zero-order valence-electron chi connectivity index (χ0n) is 11.0. The van der Waals surface area contributed by atoms with E-state index >= 15 is 0 Å². The Labute approximate surface area is 121 Å². The summed E-state index contributed by atoms with van der Waals surface area (Å²) < 4.78 is 0. The number of nitrogens with zero attached hydrogens (tertiary/aromatic N) is 1. The standard InChI is InChI=1S/C13H16ClNO3S/c1-13(2,12(17)18)15(3)11(16)8-19-10-7-5-4-6-9(10)14/h4-7H,8H2,1-3H3,(H,17,18). The Morgan fingerprint density at radius 3 is 2.47 bits per heavy atom. The summed E-state index contributed by atoms with van der Waals surface area (Å²) >= 11 is 7.28. The van der Waals surface area contributed by atoms with Crippen molar-refractivity contribution in [3.63, 3.8) is 0 Å². The fraction of sp³-hybridized carbons (Fsp3) is 0.385. The zero-order valence-corrected chi connectivity index (χ0v) is 12.6. The highest BCUT2D eigenvalue weighted by atomic mass is 35.5. The van der Waals surface area contributed by atoms with Crippen LogP contribution in [0.3, 0.4) is 0 Å². The lowest BCUT2D eigenvalue weighted by Crippen LogP contribution is -2.51. The molecule has 0 heterocycles. The molecule has 0 spiro atoms. The quantitative estimate of drug-likeness (QED) is 0.850. The highest BCUT2D eigenvalue weighted by Crippen LogP contribution is 2.27. The third-order valence-corrected chi connectivity index (χ3v) is 4.42. The van der Waals surface area contributed by atoms with E-state index in [0.717, 1.165) is 4.90 Å². The molecule has 1 N–H and O–H groups in total. The summed E-state index contributed by atoms with van der Waals surface area (Å²) in [7, 11) is 1.49. The normalized spacial score (nSPS) is 11.2. The van der Waals surface area contributed by atoms with E-state index in [9.17, 15) is 9.59 Å². The number of rotatable bonds is 5. The van der Waals surface area contributed by atoms with Gasteiger partial charge in [-0.15, -0.1) is 11.8 Å². The number of carbonyl (C=O) groups is 2. The molecule has 1 aromatic carbocycles. The summed E-state index contributed by atoms with van der Waals surface area (Å²) in [5, 5.41) is 9.65. The third-order valence-electron chi connectivity index (χ3n) is 2.92. The molecule has 0 radical (unpaired) electrons. The second-order valence-electron chi connectivity index (χ2n) is 4.54. The second-order valence-corrected chi connectivity index (χ2v) is 5.96. The van der Waals surface area contributed by atoms with Crippen molar-refractivity contribution < 1.29 is 14.7 Å². The van der Waals surface area contributed by atoms with Crippen molar-refractivity contribution >= 4 is 35.2 Å². The van der Waals surface area contributed by atoms with Crippen LogP contribution >= 0.6 is 23.4 Å². The Morgan fingerprint density at radius 2 is 1.95 bits per heavy atom. The Hall–Kier alpha value is -1.20. The smallest absolute Gasteiger partial charge is 0.329 e. The molecule has 0 unspecified atom stereocenters. The molecule has 0 aliphatic rings. The van der Waals surface area contributed by atoms with Gasteiger partial charge in [-0.2, -0.15) is 0 Å². The number of hydrogen-bond donors (Lipinski definition) is 1. The van der Waals surface area contributed by atoms with Gasteiger partial charge in [0.25, 0.3) is 0 Å². The largest absolute Gasteiger partial charge is 0.480 e. The predicted molar refractivity (Wildman–Crippen MR) is 76.7 cm³/mol. The zero-order chi connectivity index (χ0) is 14.6. The summed E-state index contributed by atoms with van der Waals surface area (Å²) in [4.78, 5) is 25.1. The van der Waals surface area contributed by atoms with Gasteiger partial charge < -0.3 is 10.0 Å². The van der Waals surface area contributed by atoms with Crippen molar-refractivity contribution in [1.29, 1.82) is 0 Å². The molecule has 6 heteroatoms. The Balaban J connectivity index is 2.66. The van der Waals surface area contributed by atoms with Crippen LogP contribution in [0.15, 0.2) is 29.2 Å². The molecule has 0 atom stereocenters. The molecular weight excluding hydrogens is 286 g/mol. The van der Waals surface area contributed by atoms with E-state index in [1.807, 2.05) is 18.2 Å². The van der Waals surface area contributed by atoms with Gasteiger partial charge in [-0.3, -0.25) is 4.79 Å². The van der Waals surface area contributed by atoms with Gasteiger partial charge in [0, 0.05) is 11.9 Å². The SMILES string of the molecule is CN(C(=O)CSc1ccccc1Cl)C(C)(C)C(=O)O. The fourth-order valence-electron chi connectivity index (χ4n) is 1.25. The van der Waals surface area contributed by atoms with Gasteiger partial charge in [0.1, 0.15) is 5.54 Å². The molecule has 104 valence electrons. The van der Waals surface area contributed by atoms with Crippen molar-refractivity contribution in [3.05, 3.63) is 29.3 Å². The van der Waals surface area contributed by atoms with Crippen LogP contribution in [-0.4, -0.2) is 40.2 Å². The molecule has 19 heavy (non-hydrogen) atoms. The number of hydrogen-bond acceptors (Lipinski definition) is 3. The highest BCUT2D eigenvalue weighted by molar-refractivity contribution is 8.00. The molecular formula is C13H16ClNO3S. The molecule has 0 bridgehead atoms. The fourth-order valence-corrected chi connectivity index (χ4v) is 2.41. The first-order chi connectivity index (χ1) is 8.76. The molecule has 1 rings (SSSR count). The van der Waals surface area contributed by atoms with Gasteiger partial charge in [-0.05, 0) is 26.0 Å². The predicted octanol–water partition coefficient (Wildman–Crippen LogP) is 2.75. The van der Waals surface area contributed by atoms with E-state index in [1.54, 1.807) is 6.07 Å². The van der Waals surface area contributed by atoms with Crippen molar-refractivity contribution in [2.24, 2.45) is 0 Å². The van der Waals surface area contributed by atoms with Crippen LogP contribution in [0.25, 0.3) is 0 Å². The number of halogens is 1. The average Bonchev–Trinajstić information content (AvgIpc) is 2.36. The minimum Gasteiger partial charge on any atom is -0.480 e. The van der Waals surface area contributed by atoms with Gasteiger partial charge in [-0.25, -0.2) is 4.79 Å². The minimum atomic E-state index is -1.22. The molecule has 0 saturated heterocycles. The van der Waals surface area contributed by atoms with Crippen LogP contribution in [0, 0.1) is 0 Å².